The molecule has 0 saturated carbocycles. The monoisotopic (exact) mass is 441 g/mol. The number of aromatic nitrogens is 2. The predicted octanol–water partition coefficient (Wildman–Crippen LogP) is 2.46. The van der Waals surface area contributed by atoms with Crippen LogP contribution in [0, 0.1) is 11.2 Å². The van der Waals surface area contributed by atoms with Crippen molar-refractivity contribution in [3.8, 4) is 11.5 Å². The van der Waals surface area contributed by atoms with Gasteiger partial charge >= 0.3 is 0 Å². The van der Waals surface area contributed by atoms with Crippen LogP contribution >= 0.6 is 0 Å². The van der Waals surface area contributed by atoms with Gasteiger partial charge in [0.05, 0.1) is 31.0 Å². The Balaban J connectivity index is 1.39. The number of rotatable bonds is 4. The second-order valence-electron chi connectivity index (χ2n) is 8.98. The van der Waals surface area contributed by atoms with E-state index in [1.54, 1.807) is 11.1 Å². The van der Waals surface area contributed by atoms with Crippen molar-refractivity contribution in [2.45, 2.75) is 25.8 Å². The summed E-state index contributed by atoms with van der Waals surface area (Å²) in [7, 11) is 0. The largest absolute Gasteiger partial charge is 0.451 e. The molecule has 3 saturated heterocycles. The van der Waals surface area contributed by atoms with Crippen LogP contribution in [-0.2, 0) is 4.74 Å². The van der Waals surface area contributed by atoms with Gasteiger partial charge in [-0.15, -0.1) is 0 Å². The molecule has 0 aliphatic carbocycles. The number of halogens is 1. The van der Waals surface area contributed by atoms with Crippen molar-refractivity contribution in [1.29, 1.82) is 0 Å². The van der Waals surface area contributed by atoms with E-state index in [2.05, 4.69) is 20.2 Å². The van der Waals surface area contributed by atoms with Gasteiger partial charge in [-0.1, -0.05) is 0 Å². The molecule has 0 bridgehead atoms. The van der Waals surface area contributed by atoms with Gasteiger partial charge in [0.15, 0.2) is 11.6 Å². The van der Waals surface area contributed by atoms with Gasteiger partial charge in [0.2, 0.25) is 0 Å². The number of amides is 1. The Morgan fingerprint density at radius 1 is 1.28 bits per heavy atom. The third-order valence-electron chi connectivity index (χ3n) is 6.70. The maximum absolute atomic E-state index is 14.1. The van der Waals surface area contributed by atoms with E-state index in [9.17, 15) is 9.18 Å². The number of morpholine rings is 1. The van der Waals surface area contributed by atoms with Crippen molar-refractivity contribution in [3.05, 3.63) is 42.1 Å². The molecule has 0 radical (unpaired) electrons. The van der Waals surface area contributed by atoms with E-state index in [-0.39, 0.29) is 17.5 Å². The first-order valence-corrected chi connectivity index (χ1v) is 11.2. The second kappa shape index (κ2) is 8.63. The minimum atomic E-state index is -0.484. The summed E-state index contributed by atoms with van der Waals surface area (Å²) in [5.41, 5.74) is 0.517. The lowest BCUT2D eigenvalue weighted by Crippen LogP contribution is -2.60. The maximum Gasteiger partial charge on any atom is 0.258 e. The molecule has 1 amide bonds. The van der Waals surface area contributed by atoms with Crippen LogP contribution in [0.25, 0.3) is 0 Å². The molecule has 32 heavy (non-hydrogen) atoms. The van der Waals surface area contributed by atoms with Gasteiger partial charge in [-0.05, 0) is 51.1 Å². The van der Waals surface area contributed by atoms with Gasteiger partial charge in [0.25, 0.3) is 5.91 Å². The van der Waals surface area contributed by atoms with Gasteiger partial charge in [0.1, 0.15) is 17.9 Å². The standard InChI is InChI=1S/C23H28FN5O3/c1-16-12-31-9-8-29(16)22(30)18-10-17(24)2-3-19(18)32-20-11-26-15-27-21(20)28-13-23(14-28)4-6-25-7-5-23/h2-3,10-11,15-16,25H,4-9,12-14H2,1H3/t16-/m0/s1. The molecule has 3 aliphatic rings. The van der Waals surface area contributed by atoms with Gasteiger partial charge in [0, 0.05) is 25.0 Å². The molecular weight excluding hydrogens is 413 g/mol. The molecule has 5 rings (SSSR count). The number of anilines is 1. The Bertz CT molecular complexity index is 989. The number of ether oxygens (including phenoxy) is 2. The summed E-state index contributed by atoms with van der Waals surface area (Å²) in [6, 6.07) is 3.93. The Morgan fingerprint density at radius 2 is 2.09 bits per heavy atom. The van der Waals surface area contributed by atoms with Crippen molar-refractivity contribution >= 4 is 11.7 Å². The summed E-state index contributed by atoms with van der Waals surface area (Å²) in [6.45, 7) is 7.22. The molecule has 1 spiro atoms. The zero-order valence-electron chi connectivity index (χ0n) is 18.2. The summed E-state index contributed by atoms with van der Waals surface area (Å²) in [4.78, 5) is 25.7. The number of carbonyl (C=O) groups excluding carboxylic acids is 1. The molecule has 1 N–H and O–H groups in total. The lowest BCUT2D eigenvalue weighted by molar-refractivity contribution is 0.00344. The fourth-order valence-electron chi connectivity index (χ4n) is 4.87. The molecular formula is C23H28FN5O3. The first-order valence-electron chi connectivity index (χ1n) is 11.2. The Labute approximate surface area is 186 Å². The average molecular weight is 442 g/mol. The van der Waals surface area contributed by atoms with E-state index < -0.39 is 5.82 Å². The smallest absolute Gasteiger partial charge is 0.258 e. The number of benzene rings is 1. The van der Waals surface area contributed by atoms with Gasteiger partial charge < -0.3 is 24.6 Å². The van der Waals surface area contributed by atoms with E-state index in [4.69, 9.17) is 9.47 Å². The number of hydrogen-bond acceptors (Lipinski definition) is 7. The van der Waals surface area contributed by atoms with Crippen molar-refractivity contribution in [2.24, 2.45) is 5.41 Å². The molecule has 9 heteroatoms. The fraction of sp³-hybridized carbons (Fsp3) is 0.522. The lowest BCUT2D eigenvalue weighted by atomic mass is 9.72. The lowest BCUT2D eigenvalue weighted by Gasteiger charge is -2.53. The van der Waals surface area contributed by atoms with Crippen LogP contribution in [0.2, 0.25) is 0 Å². The summed E-state index contributed by atoms with van der Waals surface area (Å²) < 4.78 is 25.7. The molecule has 3 fully saturated rings. The number of carbonyl (C=O) groups is 1. The molecule has 1 aromatic carbocycles. The predicted molar refractivity (Wildman–Crippen MR) is 117 cm³/mol. The highest BCUT2D eigenvalue weighted by atomic mass is 19.1. The first kappa shape index (κ1) is 21.1. The minimum Gasteiger partial charge on any atom is -0.451 e. The van der Waals surface area contributed by atoms with Crippen molar-refractivity contribution in [3.63, 3.8) is 0 Å². The van der Waals surface area contributed by atoms with E-state index in [1.807, 2.05) is 6.92 Å². The molecule has 1 atom stereocenters. The third kappa shape index (κ3) is 4.02. The molecule has 4 heterocycles. The molecule has 0 unspecified atom stereocenters. The highest BCUT2D eigenvalue weighted by Gasteiger charge is 2.44. The molecule has 170 valence electrons. The van der Waals surface area contributed by atoms with Crippen LogP contribution in [0.4, 0.5) is 10.2 Å². The zero-order valence-corrected chi connectivity index (χ0v) is 18.2. The normalized spacial score (nSPS) is 22.5. The van der Waals surface area contributed by atoms with Crippen LogP contribution in [0.5, 0.6) is 11.5 Å². The van der Waals surface area contributed by atoms with E-state index in [0.29, 0.717) is 42.5 Å². The van der Waals surface area contributed by atoms with Crippen LogP contribution < -0.4 is 15.0 Å². The van der Waals surface area contributed by atoms with Gasteiger partial charge in [-0.3, -0.25) is 4.79 Å². The molecule has 3 aliphatic heterocycles. The molecule has 8 nitrogen and oxygen atoms in total. The highest BCUT2D eigenvalue weighted by molar-refractivity contribution is 5.97. The Morgan fingerprint density at radius 3 is 2.88 bits per heavy atom. The number of hydrogen-bond donors (Lipinski definition) is 1. The van der Waals surface area contributed by atoms with Crippen LogP contribution in [0.3, 0.4) is 0 Å². The summed E-state index contributed by atoms with van der Waals surface area (Å²) in [6.07, 6.45) is 5.41. The van der Waals surface area contributed by atoms with Crippen LogP contribution in [0.1, 0.15) is 30.1 Å². The third-order valence-corrected chi connectivity index (χ3v) is 6.70. The molecule has 1 aromatic heterocycles. The quantitative estimate of drug-likeness (QED) is 0.781. The van der Waals surface area contributed by atoms with Crippen molar-refractivity contribution in [2.75, 3.05) is 50.8 Å². The molecule has 2 aromatic rings. The summed E-state index contributed by atoms with van der Waals surface area (Å²) >= 11 is 0. The fourth-order valence-corrected chi connectivity index (χ4v) is 4.87. The van der Waals surface area contributed by atoms with E-state index in [1.165, 1.54) is 24.5 Å². The topological polar surface area (TPSA) is 79.8 Å². The SMILES string of the molecule is C[C@H]1COCCN1C(=O)c1cc(F)ccc1Oc1cncnc1N1CC2(CCNCC2)C1. The number of nitrogens with one attached hydrogen (secondary N) is 1. The second-order valence-corrected chi connectivity index (χ2v) is 8.98. The first-order chi connectivity index (χ1) is 15.5. The van der Waals surface area contributed by atoms with Crippen LogP contribution in [-0.4, -0.2) is 72.8 Å². The Hall–Kier alpha value is -2.78. The summed E-state index contributed by atoms with van der Waals surface area (Å²) in [5.74, 6) is 0.704. The summed E-state index contributed by atoms with van der Waals surface area (Å²) in [5, 5.41) is 3.41. The van der Waals surface area contributed by atoms with Crippen molar-refractivity contribution < 1.29 is 18.7 Å². The van der Waals surface area contributed by atoms with Crippen molar-refractivity contribution in [1.82, 2.24) is 20.2 Å². The van der Waals surface area contributed by atoms with Gasteiger partial charge in [-0.25, -0.2) is 14.4 Å². The number of piperidine rings is 1. The van der Waals surface area contributed by atoms with E-state index in [0.717, 1.165) is 39.0 Å². The number of nitrogens with zero attached hydrogens (tertiary/aromatic N) is 4. The highest BCUT2D eigenvalue weighted by Crippen LogP contribution is 2.43. The van der Waals surface area contributed by atoms with Gasteiger partial charge in [-0.2, -0.15) is 0 Å². The maximum atomic E-state index is 14.1. The van der Waals surface area contributed by atoms with Crippen LogP contribution in [0.15, 0.2) is 30.7 Å². The van der Waals surface area contributed by atoms with E-state index >= 15 is 0 Å². The zero-order chi connectivity index (χ0) is 22.1. The minimum absolute atomic E-state index is 0.0924. The Kier molecular flexibility index (Phi) is 5.69. The average Bonchev–Trinajstić information content (AvgIpc) is 2.79.